The summed E-state index contributed by atoms with van der Waals surface area (Å²) >= 11 is 3.39. The minimum Gasteiger partial charge on any atom is -0.497 e. The molecule has 0 radical (unpaired) electrons. The van der Waals surface area contributed by atoms with Crippen LogP contribution in [0.15, 0.2) is 22.7 Å². The van der Waals surface area contributed by atoms with E-state index < -0.39 is 0 Å². The first-order chi connectivity index (χ1) is 10.6. The summed E-state index contributed by atoms with van der Waals surface area (Å²) in [6.07, 6.45) is 1.78. The van der Waals surface area contributed by atoms with Gasteiger partial charge < -0.3 is 9.47 Å². The predicted molar refractivity (Wildman–Crippen MR) is 84.2 cm³/mol. The Morgan fingerprint density at radius 2 is 2.23 bits per heavy atom. The lowest BCUT2D eigenvalue weighted by molar-refractivity contribution is -0.133. The molecular formula is C15H19BrN2O4. The summed E-state index contributed by atoms with van der Waals surface area (Å²) in [4.78, 5) is 23.8. The lowest BCUT2D eigenvalue weighted by Crippen LogP contribution is -2.46. The fourth-order valence-electron chi connectivity index (χ4n) is 2.21. The van der Waals surface area contributed by atoms with Crippen molar-refractivity contribution in [1.29, 1.82) is 0 Å². The van der Waals surface area contributed by atoms with Crippen LogP contribution in [0.5, 0.6) is 5.75 Å². The fraction of sp³-hybridized carbons (Fsp3) is 0.467. The number of ether oxygens (including phenoxy) is 2. The predicted octanol–water partition coefficient (Wildman–Crippen LogP) is 1.57. The molecule has 1 fully saturated rings. The van der Waals surface area contributed by atoms with E-state index in [4.69, 9.17) is 9.47 Å². The number of methoxy groups -OCH3 is 1. The normalized spacial score (nSPS) is 17.6. The van der Waals surface area contributed by atoms with Gasteiger partial charge in [0.25, 0.3) is 0 Å². The number of hydrogen-bond acceptors (Lipinski definition) is 4. The third kappa shape index (κ3) is 4.71. The summed E-state index contributed by atoms with van der Waals surface area (Å²) in [7, 11) is 1.57. The summed E-state index contributed by atoms with van der Waals surface area (Å²) in [5.74, 6) is -0.0243. The van der Waals surface area contributed by atoms with Gasteiger partial charge in [-0.1, -0.05) is 15.9 Å². The largest absolute Gasteiger partial charge is 0.497 e. The summed E-state index contributed by atoms with van der Waals surface area (Å²) < 4.78 is 11.2. The number of amides is 2. The Kier molecular flexibility index (Phi) is 6.21. The number of rotatable bonds is 4. The Morgan fingerprint density at radius 3 is 2.91 bits per heavy atom. The van der Waals surface area contributed by atoms with Crippen molar-refractivity contribution in [2.75, 3.05) is 20.3 Å². The van der Waals surface area contributed by atoms with Gasteiger partial charge in [0.2, 0.25) is 11.8 Å². The molecule has 1 aliphatic rings. The summed E-state index contributed by atoms with van der Waals surface area (Å²) in [6, 6.07) is 5.40. The van der Waals surface area contributed by atoms with Crippen LogP contribution in [-0.4, -0.2) is 32.1 Å². The van der Waals surface area contributed by atoms with E-state index in [0.29, 0.717) is 19.0 Å². The summed E-state index contributed by atoms with van der Waals surface area (Å²) in [5, 5.41) is 0. The Morgan fingerprint density at radius 1 is 1.41 bits per heavy atom. The number of hydrogen-bond donors (Lipinski definition) is 2. The molecule has 1 atom stereocenters. The van der Waals surface area contributed by atoms with E-state index >= 15 is 0 Å². The van der Waals surface area contributed by atoms with Crippen LogP contribution in [0.1, 0.15) is 18.4 Å². The first-order valence-electron chi connectivity index (χ1n) is 7.09. The minimum absolute atomic E-state index is 0.138. The highest BCUT2D eigenvalue weighted by atomic mass is 79.9. The lowest BCUT2D eigenvalue weighted by atomic mass is 10.0. The molecule has 1 heterocycles. The molecule has 22 heavy (non-hydrogen) atoms. The first kappa shape index (κ1) is 16.8. The van der Waals surface area contributed by atoms with Gasteiger partial charge in [-0.15, -0.1) is 0 Å². The average molecular weight is 371 g/mol. The van der Waals surface area contributed by atoms with Gasteiger partial charge in [-0.3, -0.25) is 20.4 Å². The van der Waals surface area contributed by atoms with Crippen molar-refractivity contribution < 1.29 is 19.1 Å². The molecule has 120 valence electrons. The Hall–Kier alpha value is -1.60. The molecule has 1 aromatic rings. The van der Waals surface area contributed by atoms with Crippen molar-refractivity contribution in [2.24, 2.45) is 5.92 Å². The number of carbonyl (C=O) groups is 2. The van der Waals surface area contributed by atoms with E-state index in [-0.39, 0.29) is 24.2 Å². The first-order valence-corrected chi connectivity index (χ1v) is 7.88. The van der Waals surface area contributed by atoms with Crippen LogP contribution >= 0.6 is 15.9 Å². The zero-order valence-corrected chi connectivity index (χ0v) is 13.9. The second kappa shape index (κ2) is 8.14. The van der Waals surface area contributed by atoms with Gasteiger partial charge in [-0.05, 0) is 36.6 Å². The fourth-order valence-corrected chi connectivity index (χ4v) is 2.60. The van der Waals surface area contributed by atoms with Gasteiger partial charge in [0, 0.05) is 11.1 Å². The van der Waals surface area contributed by atoms with E-state index in [0.717, 1.165) is 22.9 Å². The van der Waals surface area contributed by atoms with Crippen LogP contribution in [0.25, 0.3) is 0 Å². The molecule has 0 bridgehead atoms. The zero-order chi connectivity index (χ0) is 15.9. The van der Waals surface area contributed by atoms with Crippen molar-refractivity contribution in [3.8, 4) is 5.75 Å². The lowest BCUT2D eigenvalue weighted by Gasteiger charge is -2.21. The van der Waals surface area contributed by atoms with Gasteiger partial charge in [-0.2, -0.15) is 0 Å². The summed E-state index contributed by atoms with van der Waals surface area (Å²) in [5.41, 5.74) is 5.68. The van der Waals surface area contributed by atoms with Crippen molar-refractivity contribution in [2.45, 2.75) is 19.3 Å². The van der Waals surface area contributed by atoms with Crippen LogP contribution in [0.3, 0.4) is 0 Å². The molecule has 0 aliphatic carbocycles. The highest BCUT2D eigenvalue weighted by Crippen LogP contribution is 2.22. The molecule has 2 amide bonds. The third-order valence-electron chi connectivity index (χ3n) is 3.46. The summed E-state index contributed by atoms with van der Waals surface area (Å²) in [6.45, 7) is 1.10. The Labute approximate surface area is 137 Å². The van der Waals surface area contributed by atoms with E-state index in [9.17, 15) is 9.59 Å². The molecule has 1 aromatic carbocycles. The maximum absolute atomic E-state index is 11.9. The zero-order valence-electron chi connectivity index (χ0n) is 12.4. The molecule has 2 rings (SSSR count). The smallest absolute Gasteiger partial charge is 0.243 e. The van der Waals surface area contributed by atoms with Crippen molar-refractivity contribution in [3.05, 3.63) is 28.2 Å². The molecule has 1 saturated heterocycles. The van der Waals surface area contributed by atoms with Gasteiger partial charge in [0.05, 0.1) is 26.1 Å². The van der Waals surface area contributed by atoms with E-state index in [1.807, 2.05) is 6.07 Å². The van der Waals surface area contributed by atoms with E-state index in [1.54, 1.807) is 19.2 Å². The number of nitrogens with one attached hydrogen (secondary N) is 2. The van der Waals surface area contributed by atoms with Crippen molar-refractivity contribution in [1.82, 2.24) is 10.9 Å². The number of hydrazine groups is 1. The highest BCUT2D eigenvalue weighted by Gasteiger charge is 2.22. The van der Waals surface area contributed by atoms with Gasteiger partial charge in [0.1, 0.15) is 5.75 Å². The second-order valence-corrected chi connectivity index (χ2v) is 5.94. The van der Waals surface area contributed by atoms with Gasteiger partial charge >= 0.3 is 0 Å². The molecule has 1 unspecified atom stereocenters. The number of benzene rings is 1. The van der Waals surface area contributed by atoms with Crippen LogP contribution in [0, 0.1) is 5.92 Å². The van der Waals surface area contributed by atoms with Crippen molar-refractivity contribution in [3.63, 3.8) is 0 Å². The monoisotopic (exact) mass is 370 g/mol. The van der Waals surface area contributed by atoms with E-state index in [1.165, 1.54) is 0 Å². The quantitative estimate of drug-likeness (QED) is 0.788. The third-order valence-corrected chi connectivity index (χ3v) is 4.23. The molecule has 2 N–H and O–H groups in total. The SMILES string of the molecule is COc1ccc(Br)c(CC(=O)NNC(=O)C2CCCOC2)c1. The highest BCUT2D eigenvalue weighted by molar-refractivity contribution is 9.10. The van der Waals surface area contributed by atoms with Crippen LogP contribution in [0.2, 0.25) is 0 Å². The molecule has 0 aromatic heterocycles. The molecular weight excluding hydrogens is 352 g/mol. The topological polar surface area (TPSA) is 76.7 Å². The van der Waals surface area contributed by atoms with Gasteiger partial charge in [0.15, 0.2) is 0 Å². The molecule has 1 aliphatic heterocycles. The minimum atomic E-state index is -0.293. The number of carbonyl (C=O) groups excluding carboxylic acids is 2. The Balaban J connectivity index is 1.83. The Bertz CT molecular complexity index is 544. The molecule has 0 saturated carbocycles. The molecule has 6 nitrogen and oxygen atoms in total. The van der Waals surface area contributed by atoms with Crippen LogP contribution < -0.4 is 15.6 Å². The standard InChI is InChI=1S/C15H19BrN2O4/c1-21-12-4-5-13(16)11(7-12)8-14(19)17-18-15(20)10-3-2-6-22-9-10/h4-5,7,10H,2-3,6,8-9H2,1H3,(H,17,19)(H,18,20). The average Bonchev–Trinajstić information content (AvgIpc) is 2.55. The van der Waals surface area contributed by atoms with Gasteiger partial charge in [-0.25, -0.2) is 0 Å². The van der Waals surface area contributed by atoms with Crippen molar-refractivity contribution >= 4 is 27.7 Å². The molecule has 0 spiro atoms. The molecule has 7 heteroatoms. The van der Waals surface area contributed by atoms with E-state index in [2.05, 4.69) is 26.8 Å². The maximum atomic E-state index is 11.9. The van der Waals surface area contributed by atoms with Crippen LogP contribution in [0.4, 0.5) is 0 Å². The number of halogens is 1. The maximum Gasteiger partial charge on any atom is 0.243 e. The second-order valence-electron chi connectivity index (χ2n) is 5.09. The van der Waals surface area contributed by atoms with Crippen LogP contribution in [-0.2, 0) is 20.7 Å².